The number of hydrogen-bond donors (Lipinski definition) is 2. The standard InChI is InChI=1S/C12H24N2O3/c1-7-11(2,3)8-13-10(17)14(6)12(4,5)9(15)16/h7-8H2,1-6H3,(H,13,17)(H,15,16). The van der Waals surface area contributed by atoms with E-state index in [0.29, 0.717) is 6.54 Å². The molecule has 0 heterocycles. The van der Waals surface area contributed by atoms with Gasteiger partial charge in [-0.15, -0.1) is 0 Å². The molecule has 0 radical (unpaired) electrons. The van der Waals surface area contributed by atoms with Gasteiger partial charge in [0, 0.05) is 13.6 Å². The molecule has 2 N–H and O–H groups in total. The van der Waals surface area contributed by atoms with Gasteiger partial charge in [-0.05, 0) is 25.7 Å². The summed E-state index contributed by atoms with van der Waals surface area (Å²) in [5.41, 5.74) is -1.19. The van der Waals surface area contributed by atoms with Crippen molar-refractivity contribution in [2.45, 2.75) is 46.6 Å². The molecule has 0 fully saturated rings. The smallest absolute Gasteiger partial charge is 0.329 e. The number of nitrogens with one attached hydrogen (secondary N) is 1. The van der Waals surface area contributed by atoms with Crippen LogP contribution in [0.2, 0.25) is 0 Å². The summed E-state index contributed by atoms with van der Waals surface area (Å²) in [6.07, 6.45) is 0.944. The first kappa shape index (κ1) is 15.7. The number of carbonyl (C=O) groups is 2. The number of hydrogen-bond acceptors (Lipinski definition) is 2. The zero-order chi connectivity index (χ0) is 13.9. The first-order valence-corrected chi connectivity index (χ1v) is 5.79. The van der Waals surface area contributed by atoms with Crippen LogP contribution in [0.4, 0.5) is 4.79 Å². The third-order valence-corrected chi connectivity index (χ3v) is 3.34. The molecule has 0 aromatic rings. The molecule has 5 heteroatoms. The van der Waals surface area contributed by atoms with Crippen LogP contribution in [0.1, 0.15) is 41.0 Å². The number of carboxylic acids is 1. The lowest BCUT2D eigenvalue weighted by atomic mass is 9.90. The van der Waals surface area contributed by atoms with E-state index >= 15 is 0 Å². The van der Waals surface area contributed by atoms with Crippen molar-refractivity contribution in [3.63, 3.8) is 0 Å². The molecule has 2 amide bonds. The molecule has 0 unspecified atom stereocenters. The van der Waals surface area contributed by atoms with Crippen LogP contribution in [0.25, 0.3) is 0 Å². The number of carbonyl (C=O) groups excluding carboxylic acids is 1. The Hall–Kier alpha value is -1.26. The van der Waals surface area contributed by atoms with Crippen molar-refractivity contribution in [3.05, 3.63) is 0 Å². The number of amides is 2. The van der Waals surface area contributed by atoms with Gasteiger partial charge in [0.25, 0.3) is 0 Å². The fourth-order valence-electron chi connectivity index (χ4n) is 0.956. The fourth-order valence-corrected chi connectivity index (χ4v) is 0.956. The largest absolute Gasteiger partial charge is 0.480 e. The quantitative estimate of drug-likeness (QED) is 0.776. The van der Waals surface area contributed by atoms with Crippen molar-refractivity contribution in [2.24, 2.45) is 5.41 Å². The van der Waals surface area contributed by atoms with Crippen molar-refractivity contribution in [2.75, 3.05) is 13.6 Å². The van der Waals surface area contributed by atoms with E-state index in [4.69, 9.17) is 5.11 Å². The molecule has 0 aromatic carbocycles. The number of aliphatic carboxylic acids is 1. The Bertz CT molecular complexity index is 298. The predicted octanol–water partition coefficient (Wildman–Crippen LogP) is 1.93. The third-order valence-electron chi connectivity index (χ3n) is 3.34. The number of nitrogens with zero attached hydrogens (tertiary/aromatic N) is 1. The molecular weight excluding hydrogens is 220 g/mol. The van der Waals surface area contributed by atoms with Gasteiger partial charge < -0.3 is 15.3 Å². The molecule has 0 aliphatic heterocycles. The van der Waals surface area contributed by atoms with Crippen molar-refractivity contribution in [3.8, 4) is 0 Å². The number of rotatable bonds is 5. The van der Waals surface area contributed by atoms with Crippen molar-refractivity contribution >= 4 is 12.0 Å². The van der Waals surface area contributed by atoms with E-state index in [0.717, 1.165) is 6.42 Å². The van der Waals surface area contributed by atoms with Crippen molar-refractivity contribution in [1.82, 2.24) is 10.2 Å². The Morgan fingerprint density at radius 1 is 1.24 bits per heavy atom. The van der Waals surface area contributed by atoms with Crippen LogP contribution in [-0.2, 0) is 4.79 Å². The summed E-state index contributed by atoms with van der Waals surface area (Å²) in [5, 5.41) is 11.8. The molecule has 0 atom stereocenters. The molecule has 0 aliphatic carbocycles. The summed E-state index contributed by atoms with van der Waals surface area (Å²) in [4.78, 5) is 24.0. The van der Waals surface area contributed by atoms with E-state index in [1.807, 2.05) is 0 Å². The van der Waals surface area contributed by atoms with Gasteiger partial charge in [0.05, 0.1) is 0 Å². The van der Waals surface area contributed by atoms with Crippen LogP contribution in [0.3, 0.4) is 0 Å². The van der Waals surface area contributed by atoms with E-state index in [2.05, 4.69) is 26.1 Å². The Morgan fingerprint density at radius 2 is 1.71 bits per heavy atom. The summed E-state index contributed by atoms with van der Waals surface area (Å²) >= 11 is 0. The fraction of sp³-hybridized carbons (Fsp3) is 0.833. The molecular formula is C12H24N2O3. The first-order chi connectivity index (χ1) is 7.54. The second-order valence-corrected chi connectivity index (χ2v) is 5.60. The van der Waals surface area contributed by atoms with E-state index in [-0.39, 0.29) is 11.4 Å². The van der Waals surface area contributed by atoms with Gasteiger partial charge in [0.15, 0.2) is 0 Å². The molecule has 100 valence electrons. The lowest BCUT2D eigenvalue weighted by Crippen LogP contribution is -2.55. The molecule has 0 saturated carbocycles. The maximum atomic E-state index is 11.8. The van der Waals surface area contributed by atoms with Crippen molar-refractivity contribution in [1.29, 1.82) is 0 Å². The first-order valence-electron chi connectivity index (χ1n) is 5.79. The third kappa shape index (κ3) is 4.24. The Labute approximate surface area is 103 Å². The molecule has 0 bridgehead atoms. The van der Waals surface area contributed by atoms with Gasteiger partial charge in [0.1, 0.15) is 5.54 Å². The summed E-state index contributed by atoms with van der Waals surface area (Å²) in [6.45, 7) is 9.68. The summed E-state index contributed by atoms with van der Waals surface area (Å²) in [7, 11) is 1.49. The SMILES string of the molecule is CCC(C)(C)CNC(=O)N(C)C(C)(C)C(=O)O. The van der Waals surface area contributed by atoms with Gasteiger partial charge in [-0.3, -0.25) is 0 Å². The lowest BCUT2D eigenvalue weighted by Gasteiger charge is -2.33. The molecule has 0 rings (SSSR count). The minimum Gasteiger partial charge on any atom is -0.480 e. The second-order valence-electron chi connectivity index (χ2n) is 5.60. The number of carboxylic acid groups (broad SMARTS) is 1. The van der Waals surface area contributed by atoms with Crippen LogP contribution in [-0.4, -0.2) is 41.1 Å². The van der Waals surface area contributed by atoms with Gasteiger partial charge in [0.2, 0.25) is 0 Å². The zero-order valence-corrected chi connectivity index (χ0v) is 11.6. The van der Waals surface area contributed by atoms with Gasteiger partial charge in [-0.2, -0.15) is 0 Å². The lowest BCUT2D eigenvalue weighted by molar-refractivity contribution is -0.146. The van der Waals surface area contributed by atoms with Crippen LogP contribution in [0, 0.1) is 5.41 Å². The molecule has 0 spiro atoms. The average Bonchev–Trinajstić information content (AvgIpc) is 2.24. The molecule has 0 aliphatic rings. The zero-order valence-electron chi connectivity index (χ0n) is 11.6. The highest BCUT2D eigenvalue weighted by Gasteiger charge is 2.35. The van der Waals surface area contributed by atoms with E-state index in [1.165, 1.54) is 25.8 Å². The minimum atomic E-state index is -1.21. The van der Waals surface area contributed by atoms with Crippen LogP contribution in [0.5, 0.6) is 0 Å². The normalized spacial score (nSPS) is 12.1. The highest BCUT2D eigenvalue weighted by atomic mass is 16.4. The summed E-state index contributed by atoms with van der Waals surface area (Å²) in [6, 6.07) is -0.362. The van der Waals surface area contributed by atoms with E-state index in [9.17, 15) is 9.59 Å². The Morgan fingerprint density at radius 3 is 2.06 bits per heavy atom. The summed E-state index contributed by atoms with van der Waals surface area (Å²) < 4.78 is 0. The second kappa shape index (κ2) is 5.38. The minimum absolute atomic E-state index is 0.0177. The van der Waals surface area contributed by atoms with E-state index in [1.54, 1.807) is 0 Å². The van der Waals surface area contributed by atoms with Gasteiger partial charge in [-0.1, -0.05) is 20.8 Å². The molecule has 5 nitrogen and oxygen atoms in total. The maximum Gasteiger partial charge on any atom is 0.329 e. The van der Waals surface area contributed by atoms with Crippen LogP contribution in [0.15, 0.2) is 0 Å². The molecule has 0 saturated heterocycles. The topological polar surface area (TPSA) is 69.6 Å². The number of likely N-dealkylation sites (N-methyl/N-ethyl adjacent to an activating group) is 1. The highest BCUT2D eigenvalue weighted by Crippen LogP contribution is 2.18. The van der Waals surface area contributed by atoms with E-state index < -0.39 is 11.5 Å². The van der Waals surface area contributed by atoms with Crippen LogP contribution >= 0.6 is 0 Å². The van der Waals surface area contributed by atoms with Crippen LogP contribution < -0.4 is 5.32 Å². The average molecular weight is 244 g/mol. The Balaban J connectivity index is 4.49. The highest BCUT2D eigenvalue weighted by molar-refractivity contribution is 5.85. The van der Waals surface area contributed by atoms with Crippen molar-refractivity contribution < 1.29 is 14.7 Å². The summed E-state index contributed by atoms with van der Waals surface area (Å²) in [5.74, 6) is -1.02. The van der Waals surface area contributed by atoms with Gasteiger partial charge in [-0.25, -0.2) is 9.59 Å². The predicted molar refractivity (Wildman–Crippen MR) is 66.9 cm³/mol. The number of urea groups is 1. The molecule has 17 heavy (non-hydrogen) atoms. The maximum absolute atomic E-state index is 11.8. The molecule has 0 aromatic heterocycles. The monoisotopic (exact) mass is 244 g/mol. The Kier molecular flexibility index (Phi) is 4.98. The van der Waals surface area contributed by atoms with Gasteiger partial charge >= 0.3 is 12.0 Å².